The van der Waals surface area contributed by atoms with Crippen LogP contribution in [0.5, 0.6) is 0 Å². The third kappa shape index (κ3) is 4.09. The van der Waals surface area contributed by atoms with Crippen LogP contribution in [0.1, 0.15) is 41.9 Å². The smallest absolute Gasteiger partial charge is 0.277 e. The number of hydrogen-bond donors (Lipinski definition) is 2. The molecule has 1 aliphatic heterocycles. The summed E-state index contributed by atoms with van der Waals surface area (Å²) < 4.78 is 7.80. The molecule has 2 N–H and O–H groups in total. The van der Waals surface area contributed by atoms with Crippen LogP contribution in [0.4, 0.5) is 5.95 Å². The molecule has 8 heteroatoms. The van der Waals surface area contributed by atoms with E-state index in [-0.39, 0.29) is 12.0 Å². The number of para-hydroxylation sites is 2. The van der Waals surface area contributed by atoms with Gasteiger partial charge < -0.3 is 14.6 Å². The van der Waals surface area contributed by atoms with Gasteiger partial charge in [-0.25, -0.2) is 9.97 Å². The van der Waals surface area contributed by atoms with Crippen molar-refractivity contribution in [2.75, 3.05) is 25.0 Å². The van der Waals surface area contributed by atoms with Crippen molar-refractivity contribution in [3.63, 3.8) is 0 Å². The molecule has 0 radical (unpaired) electrons. The lowest BCUT2D eigenvalue weighted by Crippen LogP contribution is -2.33. The summed E-state index contributed by atoms with van der Waals surface area (Å²) >= 11 is 1.45. The number of carbonyl (C=O) groups is 1. The Morgan fingerprint density at radius 3 is 3.04 bits per heavy atom. The van der Waals surface area contributed by atoms with Crippen molar-refractivity contribution >= 4 is 34.2 Å². The van der Waals surface area contributed by atoms with E-state index < -0.39 is 0 Å². The van der Waals surface area contributed by atoms with E-state index in [4.69, 9.17) is 4.74 Å². The molecular weight excluding hydrogens is 374 g/mol. The highest BCUT2D eigenvalue weighted by Crippen LogP contribution is 2.24. The molecule has 28 heavy (non-hydrogen) atoms. The number of carbonyl (C=O) groups excluding carboxylic acids is 1. The molecule has 2 aromatic heterocycles. The van der Waals surface area contributed by atoms with Gasteiger partial charge >= 0.3 is 0 Å². The fraction of sp³-hybridized carbons (Fsp3) is 0.450. The van der Waals surface area contributed by atoms with E-state index in [0.717, 1.165) is 42.1 Å². The Labute approximate surface area is 168 Å². The maximum absolute atomic E-state index is 12.8. The summed E-state index contributed by atoms with van der Waals surface area (Å²) in [5.74, 6) is 0.888. The van der Waals surface area contributed by atoms with Gasteiger partial charge in [0.15, 0.2) is 0 Å². The van der Waals surface area contributed by atoms with Crippen LogP contribution in [-0.2, 0) is 11.3 Å². The molecule has 1 aliphatic rings. The van der Waals surface area contributed by atoms with Crippen molar-refractivity contribution in [2.24, 2.45) is 5.92 Å². The summed E-state index contributed by atoms with van der Waals surface area (Å²) in [6.45, 7) is 7.41. The van der Waals surface area contributed by atoms with Crippen molar-refractivity contribution in [3.8, 4) is 0 Å². The number of fused-ring (bicyclic) bond motifs is 1. The molecule has 1 fully saturated rings. The van der Waals surface area contributed by atoms with E-state index in [0.29, 0.717) is 24.2 Å². The molecule has 1 atom stereocenters. The summed E-state index contributed by atoms with van der Waals surface area (Å²) in [6.07, 6.45) is 0.923. The van der Waals surface area contributed by atoms with Gasteiger partial charge in [0.1, 0.15) is 16.8 Å². The Balaban J connectivity index is 1.55. The lowest BCUT2D eigenvalue weighted by molar-refractivity contribution is 0.0275. The molecule has 4 rings (SSSR count). The minimum absolute atomic E-state index is 0.0871. The van der Waals surface area contributed by atoms with Gasteiger partial charge in [-0.15, -0.1) is 11.3 Å². The molecule has 1 amide bonds. The number of amides is 1. The van der Waals surface area contributed by atoms with Crippen LogP contribution < -0.4 is 10.6 Å². The highest BCUT2D eigenvalue weighted by molar-refractivity contribution is 7.09. The van der Waals surface area contributed by atoms with E-state index in [1.54, 1.807) is 5.38 Å². The Morgan fingerprint density at radius 1 is 1.39 bits per heavy atom. The molecule has 3 aromatic rings. The minimum Gasteiger partial charge on any atom is -0.368 e. The van der Waals surface area contributed by atoms with E-state index in [2.05, 4.69) is 39.0 Å². The van der Waals surface area contributed by atoms with Gasteiger partial charge in [0.2, 0.25) is 5.95 Å². The molecule has 0 aliphatic carbocycles. The third-order valence-electron chi connectivity index (χ3n) is 4.77. The van der Waals surface area contributed by atoms with Crippen LogP contribution in [0.3, 0.4) is 0 Å². The van der Waals surface area contributed by atoms with Crippen molar-refractivity contribution < 1.29 is 9.53 Å². The van der Waals surface area contributed by atoms with Crippen molar-refractivity contribution in [1.82, 2.24) is 19.9 Å². The zero-order valence-electron chi connectivity index (χ0n) is 16.1. The first-order chi connectivity index (χ1) is 13.6. The second-order valence-electron chi connectivity index (χ2n) is 7.35. The predicted molar refractivity (Wildman–Crippen MR) is 111 cm³/mol. The van der Waals surface area contributed by atoms with Crippen LogP contribution >= 0.6 is 11.3 Å². The molecule has 148 valence electrons. The summed E-state index contributed by atoms with van der Waals surface area (Å²) in [5, 5.41) is 8.85. The number of nitrogens with one attached hydrogen (secondary N) is 2. The number of morpholine rings is 1. The fourth-order valence-electron chi connectivity index (χ4n) is 3.21. The molecule has 1 unspecified atom stereocenters. The highest BCUT2D eigenvalue weighted by Gasteiger charge is 2.22. The Hall–Kier alpha value is -2.29. The maximum atomic E-state index is 12.8. The minimum atomic E-state index is -0.243. The second-order valence-corrected chi connectivity index (χ2v) is 8.24. The van der Waals surface area contributed by atoms with Gasteiger partial charge in [-0.05, 0) is 24.5 Å². The van der Waals surface area contributed by atoms with E-state index in [1.165, 1.54) is 11.3 Å². The van der Waals surface area contributed by atoms with Crippen molar-refractivity contribution in [1.29, 1.82) is 0 Å². The molecule has 1 aromatic carbocycles. The van der Waals surface area contributed by atoms with Crippen LogP contribution in [0.15, 0.2) is 29.6 Å². The van der Waals surface area contributed by atoms with Gasteiger partial charge in [0.25, 0.3) is 5.91 Å². The number of aromatic nitrogens is 3. The Morgan fingerprint density at radius 2 is 2.25 bits per heavy atom. The molecule has 0 spiro atoms. The first-order valence-corrected chi connectivity index (χ1v) is 10.5. The first-order valence-electron chi connectivity index (χ1n) is 9.66. The summed E-state index contributed by atoms with van der Waals surface area (Å²) in [6, 6.07) is 7.95. The van der Waals surface area contributed by atoms with Crippen molar-refractivity contribution in [2.45, 2.75) is 32.9 Å². The number of benzene rings is 1. The van der Waals surface area contributed by atoms with E-state index in [9.17, 15) is 4.79 Å². The number of ether oxygens (including phenoxy) is 1. The standard InChI is InChI=1S/C20H25N5O2S/c1-13(2)7-9-25-16-6-4-3-5-14(16)23-20(25)24-18(26)15-12-28-19(22-15)17-11-21-8-10-27-17/h3-6,12-13,17,21H,7-11H2,1-2H3,(H,23,24,26). The van der Waals surface area contributed by atoms with E-state index in [1.807, 2.05) is 24.3 Å². The van der Waals surface area contributed by atoms with Crippen molar-refractivity contribution in [3.05, 3.63) is 40.3 Å². The number of rotatable bonds is 6. The lowest BCUT2D eigenvalue weighted by Gasteiger charge is -2.21. The maximum Gasteiger partial charge on any atom is 0.277 e. The van der Waals surface area contributed by atoms with Gasteiger partial charge in [-0.2, -0.15) is 0 Å². The molecule has 7 nitrogen and oxygen atoms in total. The predicted octanol–water partition coefficient (Wildman–Crippen LogP) is 3.45. The lowest BCUT2D eigenvalue weighted by atomic mass is 10.1. The Kier molecular flexibility index (Phi) is 5.70. The summed E-state index contributed by atoms with van der Waals surface area (Å²) in [5.41, 5.74) is 2.30. The average Bonchev–Trinajstić information content (AvgIpc) is 3.32. The van der Waals surface area contributed by atoms with Crippen LogP contribution in [0.25, 0.3) is 11.0 Å². The fourth-order valence-corrected chi connectivity index (χ4v) is 4.06. The number of hydrogen-bond acceptors (Lipinski definition) is 6. The zero-order valence-corrected chi connectivity index (χ0v) is 17.0. The molecular formula is C20H25N5O2S. The summed E-state index contributed by atoms with van der Waals surface area (Å²) in [4.78, 5) is 21.9. The number of aryl methyl sites for hydroxylation is 1. The SMILES string of the molecule is CC(C)CCn1c(NC(=O)c2csc(C3CNCCO3)n2)nc2ccccc21. The molecule has 0 saturated carbocycles. The topological polar surface area (TPSA) is 81.1 Å². The summed E-state index contributed by atoms with van der Waals surface area (Å²) in [7, 11) is 0. The normalized spacial score (nSPS) is 17.3. The third-order valence-corrected chi connectivity index (χ3v) is 5.70. The number of thiazole rings is 1. The molecule has 0 bridgehead atoms. The van der Waals surface area contributed by atoms with Gasteiger partial charge in [-0.1, -0.05) is 26.0 Å². The van der Waals surface area contributed by atoms with E-state index >= 15 is 0 Å². The van der Waals surface area contributed by atoms with Crippen LogP contribution in [-0.4, -0.2) is 40.1 Å². The Bertz CT molecular complexity index is 959. The highest BCUT2D eigenvalue weighted by atomic mass is 32.1. The average molecular weight is 400 g/mol. The van der Waals surface area contributed by atoms with Crippen LogP contribution in [0, 0.1) is 5.92 Å². The zero-order chi connectivity index (χ0) is 19.5. The molecule has 3 heterocycles. The number of anilines is 1. The second kappa shape index (κ2) is 8.38. The largest absolute Gasteiger partial charge is 0.368 e. The first kappa shape index (κ1) is 19.0. The quantitative estimate of drug-likeness (QED) is 0.664. The van der Waals surface area contributed by atoms with Gasteiger partial charge in [-0.3, -0.25) is 10.1 Å². The number of nitrogens with zero attached hydrogens (tertiary/aromatic N) is 3. The van der Waals surface area contributed by atoms with Gasteiger partial charge in [0, 0.05) is 25.0 Å². The van der Waals surface area contributed by atoms with Crippen LogP contribution in [0.2, 0.25) is 0 Å². The number of imidazole rings is 1. The molecule has 1 saturated heterocycles. The monoisotopic (exact) mass is 399 g/mol. The van der Waals surface area contributed by atoms with Gasteiger partial charge in [0.05, 0.1) is 17.6 Å².